The quantitative estimate of drug-likeness (QED) is 0.908. The van der Waals surface area contributed by atoms with Crippen molar-refractivity contribution < 1.29 is 9.53 Å². The highest BCUT2D eigenvalue weighted by Crippen LogP contribution is 2.20. The Balaban J connectivity index is 1.89. The monoisotopic (exact) mass is 311 g/mol. The number of aromatic nitrogens is 1. The number of rotatable bonds is 5. The average molecular weight is 311 g/mol. The summed E-state index contributed by atoms with van der Waals surface area (Å²) >= 11 is 1.49. The lowest BCUT2D eigenvalue weighted by molar-refractivity contribution is -0.119. The maximum absolute atomic E-state index is 11.9. The second-order valence-electron chi connectivity index (χ2n) is 5.89. The smallest absolute Gasteiger partial charge is 0.228 e. The van der Waals surface area contributed by atoms with E-state index in [1.54, 1.807) is 0 Å². The van der Waals surface area contributed by atoms with Crippen LogP contribution in [0.4, 0.5) is 5.13 Å². The lowest BCUT2D eigenvalue weighted by Crippen LogP contribution is -2.44. The van der Waals surface area contributed by atoms with E-state index in [1.165, 1.54) is 11.3 Å². The van der Waals surface area contributed by atoms with Gasteiger partial charge in [-0.3, -0.25) is 9.69 Å². The van der Waals surface area contributed by atoms with E-state index in [-0.39, 0.29) is 24.0 Å². The summed E-state index contributed by atoms with van der Waals surface area (Å²) in [6.45, 7) is 10.8. The van der Waals surface area contributed by atoms with Crippen molar-refractivity contribution in [1.29, 1.82) is 0 Å². The first-order valence-corrected chi connectivity index (χ1v) is 8.49. The first kappa shape index (κ1) is 16.4. The molecule has 1 fully saturated rings. The normalized spacial score (nSPS) is 24.8. The molecule has 2 heterocycles. The number of nitrogens with one attached hydrogen (secondary N) is 1. The summed E-state index contributed by atoms with van der Waals surface area (Å²) in [6, 6.07) is 0. The molecule has 0 aromatic carbocycles. The van der Waals surface area contributed by atoms with Crippen molar-refractivity contribution >= 4 is 22.4 Å². The van der Waals surface area contributed by atoms with Gasteiger partial charge in [0.25, 0.3) is 0 Å². The van der Waals surface area contributed by atoms with Gasteiger partial charge in [-0.2, -0.15) is 0 Å². The highest BCUT2D eigenvalue weighted by atomic mass is 32.1. The van der Waals surface area contributed by atoms with Crippen molar-refractivity contribution in [2.24, 2.45) is 5.92 Å². The third-order valence-corrected chi connectivity index (χ3v) is 4.53. The number of carbonyl (C=O) groups excluding carboxylic acids is 1. The molecule has 2 rings (SSSR count). The summed E-state index contributed by atoms with van der Waals surface area (Å²) in [5.74, 6) is 0.0744. The number of amides is 1. The van der Waals surface area contributed by atoms with E-state index in [1.807, 2.05) is 19.2 Å². The maximum Gasteiger partial charge on any atom is 0.228 e. The second-order valence-corrected chi connectivity index (χ2v) is 6.75. The first-order valence-electron chi connectivity index (χ1n) is 7.61. The van der Waals surface area contributed by atoms with Gasteiger partial charge in [0.05, 0.1) is 17.9 Å². The van der Waals surface area contributed by atoms with Gasteiger partial charge in [-0.15, -0.1) is 11.3 Å². The van der Waals surface area contributed by atoms with E-state index in [9.17, 15) is 4.79 Å². The number of hydrogen-bond donors (Lipinski definition) is 1. The van der Waals surface area contributed by atoms with Crippen LogP contribution in [0.3, 0.4) is 0 Å². The predicted octanol–water partition coefficient (Wildman–Crippen LogP) is 2.74. The molecule has 1 aliphatic heterocycles. The predicted molar refractivity (Wildman–Crippen MR) is 85.5 cm³/mol. The zero-order chi connectivity index (χ0) is 15.4. The van der Waals surface area contributed by atoms with Gasteiger partial charge in [-0.25, -0.2) is 4.98 Å². The van der Waals surface area contributed by atoms with E-state index in [4.69, 9.17) is 4.74 Å². The van der Waals surface area contributed by atoms with Crippen LogP contribution < -0.4 is 5.32 Å². The minimum atomic E-state index is 0.0262. The minimum Gasteiger partial charge on any atom is -0.373 e. The molecule has 0 bridgehead atoms. The van der Waals surface area contributed by atoms with Gasteiger partial charge in [-0.1, -0.05) is 13.8 Å². The Bertz CT molecular complexity index is 467. The molecule has 118 valence electrons. The van der Waals surface area contributed by atoms with Crippen LogP contribution in [0.1, 0.15) is 39.8 Å². The molecule has 0 spiro atoms. The Morgan fingerprint density at radius 2 is 2.19 bits per heavy atom. The molecule has 3 atom stereocenters. The van der Waals surface area contributed by atoms with Gasteiger partial charge < -0.3 is 10.1 Å². The molecule has 21 heavy (non-hydrogen) atoms. The molecule has 1 aromatic heterocycles. The van der Waals surface area contributed by atoms with E-state index >= 15 is 0 Å². The Labute approximate surface area is 130 Å². The lowest BCUT2D eigenvalue weighted by atomic mass is 10.1. The highest BCUT2D eigenvalue weighted by molar-refractivity contribution is 7.13. The summed E-state index contributed by atoms with van der Waals surface area (Å²) in [5.41, 5.74) is 1.01. The largest absolute Gasteiger partial charge is 0.373 e. The molecular formula is C15H25N3O2S. The lowest BCUT2D eigenvalue weighted by Gasteiger charge is -2.34. The summed E-state index contributed by atoms with van der Waals surface area (Å²) in [6.07, 6.45) is 1.36. The minimum absolute atomic E-state index is 0.0262. The van der Waals surface area contributed by atoms with Crippen LogP contribution >= 0.6 is 11.3 Å². The third kappa shape index (κ3) is 4.76. The molecule has 0 saturated carbocycles. The van der Waals surface area contributed by atoms with Crippen molar-refractivity contribution in [3.63, 3.8) is 0 Å². The van der Waals surface area contributed by atoms with Crippen LogP contribution in [-0.2, 0) is 16.1 Å². The summed E-state index contributed by atoms with van der Waals surface area (Å²) in [4.78, 5) is 18.7. The van der Waals surface area contributed by atoms with Gasteiger partial charge in [0.2, 0.25) is 5.91 Å². The van der Waals surface area contributed by atoms with Crippen LogP contribution in [0.15, 0.2) is 5.38 Å². The van der Waals surface area contributed by atoms with Crippen LogP contribution in [0.25, 0.3) is 0 Å². The van der Waals surface area contributed by atoms with Gasteiger partial charge >= 0.3 is 0 Å². The summed E-state index contributed by atoms with van der Waals surface area (Å²) < 4.78 is 5.73. The summed E-state index contributed by atoms with van der Waals surface area (Å²) in [5, 5.41) is 5.62. The third-order valence-electron chi connectivity index (χ3n) is 3.72. The molecule has 1 aliphatic rings. The van der Waals surface area contributed by atoms with Crippen LogP contribution in [0.5, 0.6) is 0 Å². The molecule has 1 amide bonds. The molecule has 6 heteroatoms. The van der Waals surface area contributed by atoms with E-state index in [0.29, 0.717) is 5.13 Å². The Morgan fingerprint density at radius 3 is 2.81 bits per heavy atom. The van der Waals surface area contributed by atoms with E-state index in [0.717, 1.165) is 31.7 Å². The Kier molecular flexibility index (Phi) is 5.72. The van der Waals surface area contributed by atoms with Crippen LogP contribution in [0.2, 0.25) is 0 Å². The SMILES string of the molecule is CCC(C)C(=O)Nc1nc(CN2CC(C)OC(C)C2)cs1. The molecule has 0 radical (unpaired) electrons. The first-order chi connectivity index (χ1) is 9.97. The maximum atomic E-state index is 11.9. The van der Waals surface area contributed by atoms with Crippen LogP contribution in [0, 0.1) is 5.92 Å². The highest BCUT2D eigenvalue weighted by Gasteiger charge is 2.23. The number of nitrogens with zero attached hydrogens (tertiary/aromatic N) is 2. The number of anilines is 1. The average Bonchev–Trinajstić information content (AvgIpc) is 2.83. The molecular weight excluding hydrogens is 286 g/mol. The standard InChI is InChI=1S/C15H25N3O2S/c1-5-10(2)14(19)17-15-16-13(9-21-15)8-18-6-11(3)20-12(4)7-18/h9-12H,5-8H2,1-4H3,(H,16,17,19). The second kappa shape index (κ2) is 7.33. The molecule has 1 saturated heterocycles. The van der Waals surface area contributed by atoms with Gasteiger partial charge in [-0.05, 0) is 20.3 Å². The number of carbonyl (C=O) groups is 1. The number of thiazole rings is 1. The Morgan fingerprint density at radius 1 is 1.52 bits per heavy atom. The Hall–Kier alpha value is -0.980. The van der Waals surface area contributed by atoms with Crippen molar-refractivity contribution in [2.45, 2.75) is 52.9 Å². The van der Waals surface area contributed by atoms with Gasteiger partial charge in [0.1, 0.15) is 0 Å². The number of ether oxygens (including phenoxy) is 1. The number of morpholine rings is 1. The summed E-state index contributed by atoms with van der Waals surface area (Å²) in [7, 11) is 0. The fourth-order valence-corrected chi connectivity index (χ4v) is 3.20. The fourth-order valence-electron chi connectivity index (χ4n) is 2.49. The zero-order valence-corrected chi connectivity index (χ0v) is 14.1. The van der Waals surface area contributed by atoms with E-state index < -0.39 is 0 Å². The molecule has 1 N–H and O–H groups in total. The van der Waals surface area contributed by atoms with Crippen molar-refractivity contribution in [1.82, 2.24) is 9.88 Å². The van der Waals surface area contributed by atoms with Gasteiger partial charge in [0, 0.05) is 30.9 Å². The topological polar surface area (TPSA) is 54.5 Å². The number of hydrogen-bond acceptors (Lipinski definition) is 5. The van der Waals surface area contributed by atoms with Gasteiger partial charge in [0.15, 0.2) is 5.13 Å². The molecule has 5 nitrogen and oxygen atoms in total. The van der Waals surface area contributed by atoms with Crippen molar-refractivity contribution in [3.8, 4) is 0 Å². The fraction of sp³-hybridized carbons (Fsp3) is 0.733. The van der Waals surface area contributed by atoms with Crippen LogP contribution in [-0.4, -0.2) is 41.1 Å². The molecule has 3 unspecified atom stereocenters. The van der Waals surface area contributed by atoms with Crippen molar-refractivity contribution in [2.75, 3.05) is 18.4 Å². The molecule has 1 aromatic rings. The van der Waals surface area contributed by atoms with E-state index in [2.05, 4.69) is 29.0 Å². The molecule has 0 aliphatic carbocycles. The zero-order valence-electron chi connectivity index (χ0n) is 13.3. The van der Waals surface area contributed by atoms with Crippen molar-refractivity contribution in [3.05, 3.63) is 11.1 Å².